The van der Waals surface area contributed by atoms with E-state index < -0.39 is 14.3 Å². The number of fused-ring (bicyclic) bond motifs is 1. The number of carbonyl (C=O) groups is 1. The number of nitrogen functional groups attached to an aromatic ring is 1. The topological polar surface area (TPSA) is 92.3 Å². The van der Waals surface area contributed by atoms with E-state index in [9.17, 15) is 4.79 Å². The van der Waals surface area contributed by atoms with Gasteiger partial charge in [0.1, 0.15) is 16.5 Å². The molecule has 9 heteroatoms. The molecule has 0 radical (unpaired) electrons. The molecule has 2 rings (SSSR count). The average Bonchev–Trinajstić information content (AvgIpc) is 2.85. The standard InChI is InChI=1S/C17H27ClN4O3Si/c1-7-24-15(23)12-10-11-13(18)20-16(19)21-14(11)22(12)8-9-25-26(5,6)17(2,3)4/h10H,7-9H2,1-6H3,(H2,19,20,21). The number of rotatable bonds is 6. The average molecular weight is 399 g/mol. The molecule has 0 aliphatic rings. The van der Waals surface area contributed by atoms with Gasteiger partial charge in [-0.15, -0.1) is 0 Å². The number of nitrogens with zero attached hydrogens (tertiary/aromatic N) is 3. The quantitative estimate of drug-likeness (QED) is 0.451. The lowest BCUT2D eigenvalue weighted by atomic mass is 10.2. The number of aromatic nitrogens is 3. The van der Waals surface area contributed by atoms with Crippen molar-refractivity contribution in [1.82, 2.24) is 14.5 Å². The van der Waals surface area contributed by atoms with Crippen molar-refractivity contribution in [2.75, 3.05) is 18.9 Å². The fraction of sp³-hybridized carbons (Fsp3) is 0.588. The van der Waals surface area contributed by atoms with Crippen LogP contribution in [-0.2, 0) is 15.7 Å². The third-order valence-electron chi connectivity index (χ3n) is 4.79. The van der Waals surface area contributed by atoms with Gasteiger partial charge in [0.25, 0.3) is 0 Å². The predicted octanol–water partition coefficient (Wildman–Crippen LogP) is 3.87. The highest BCUT2D eigenvalue weighted by molar-refractivity contribution is 6.74. The summed E-state index contributed by atoms with van der Waals surface area (Å²) in [5.41, 5.74) is 6.60. The van der Waals surface area contributed by atoms with Gasteiger partial charge in [-0.25, -0.2) is 9.78 Å². The summed E-state index contributed by atoms with van der Waals surface area (Å²) in [6.07, 6.45) is 0. The SMILES string of the molecule is CCOC(=O)c1cc2c(Cl)nc(N)nc2n1CCO[Si](C)(C)C(C)(C)C. The number of halogens is 1. The molecular weight excluding hydrogens is 372 g/mol. The Kier molecular flexibility index (Phi) is 5.99. The minimum Gasteiger partial charge on any atom is -0.461 e. The molecule has 0 aliphatic heterocycles. The van der Waals surface area contributed by atoms with Crippen LogP contribution in [0.5, 0.6) is 0 Å². The minimum atomic E-state index is -1.90. The molecule has 0 amide bonds. The van der Waals surface area contributed by atoms with Crippen molar-refractivity contribution < 1.29 is 14.0 Å². The Morgan fingerprint density at radius 2 is 2.00 bits per heavy atom. The molecule has 144 valence electrons. The zero-order chi connectivity index (χ0) is 19.7. The Morgan fingerprint density at radius 1 is 1.35 bits per heavy atom. The Labute approximate surface area is 160 Å². The van der Waals surface area contributed by atoms with Gasteiger partial charge >= 0.3 is 5.97 Å². The van der Waals surface area contributed by atoms with Crippen molar-refractivity contribution in [3.8, 4) is 0 Å². The molecule has 0 bridgehead atoms. The van der Waals surface area contributed by atoms with Crippen LogP contribution in [0.4, 0.5) is 5.95 Å². The van der Waals surface area contributed by atoms with E-state index in [0.29, 0.717) is 29.9 Å². The fourth-order valence-corrected chi connectivity index (χ4v) is 3.57. The summed E-state index contributed by atoms with van der Waals surface area (Å²) in [6.45, 7) is 13.9. The first-order chi connectivity index (χ1) is 12.0. The van der Waals surface area contributed by atoms with Crippen molar-refractivity contribution in [2.45, 2.75) is 52.4 Å². The van der Waals surface area contributed by atoms with Gasteiger partial charge in [0.2, 0.25) is 5.95 Å². The first kappa shape index (κ1) is 20.7. The van der Waals surface area contributed by atoms with Gasteiger partial charge in [0.15, 0.2) is 8.32 Å². The van der Waals surface area contributed by atoms with Crippen molar-refractivity contribution in [3.05, 3.63) is 16.9 Å². The second kappa shape index (κ2) is 7.54. The summed E-state index contributed by atoms with van der Waals surface area (Å²) in [5.74, 6) is -0.380. The van der Waals surface area contributed by atoms with E-state index in [0.717, 1.165) is 0 Å². The Hall–Kier alpha value is -1.64. The maximum absolute atomic E-state index is 12.4. The van der Waals surface area contributed by atoms with Crippen LogP contribution >= 0.6 is 11.6 Å². The van der Waals surface area contributed by atoms with Crippen molar-refractivity contribution in [1.29, 1.82) is 0 Å². The summed E-state index contributed by atoms with van der Waals surface area (Å²) in [7, 11) is -1.90. The second-order valence-corrected chi connectivity index (χ2v) is 12.8. The molecule has 2 heterocycles. The molecule has 2 aromatic heterocycles. The summed E-state index contributed by atoms with van der Waals surface area (Å²) in [4.78, 5) is 20.6. The lowest BCUT2D eigenvalue weighted by Crippen LogP contribution is -2.41. The van der Waals surface area contributed by atoms with E-state index in [4.69, 9.17) is 26.5 Å². The molecule has 26 heavy (non-hydrogen) atoms. The third kappa shape index (κ3) is 4.19. The number of nitrogens with two attached hydrogens (primary N) is 1. The number of ether oxygens (including phenoxy) is 1. The van der Waals surface area contributed by atoms with Crippen LogP contribution in [0.1, 0.15) is 38.2 Å². The van der Waals surface area contributed by atoms with Crippen molar-refractivity contribution in [3.63, 3.8) is 0 Å². The number of hydrogen-bond donors (Lipinski definition) is 1. The van der Waals surface area contributed by atoms with Crippen LogP contribution in [0.15, 0.2) is 6.07 Å². The van der Waals surface area contributed by atoms with Gasteiger partial charge in [-0.3, -0.25) is 0 Å². The first-order valence-corrected chi connectivity index (χ1v) is 11.9. The maximum Gasteiger partial charge on any atom is 0.355 e. The molecule has 2 aromatic rings. The van der Waals surface area contributed by atoms with Gasteiger partial charge in [-0.2, -0.15) is 4.98 Å². The Morgan fingerprint density at radius 3 is 2.58 bits per heavy atom. The summed E-state index contributed by atoms with van der Waals surface area (Å²) in [6, 6.07) is 1.64. The number of anilines is 1. The van der Waals surface area contributed by atoms with Crippen LogP contribution in [0.2, 0.25) is 23.3 Å². The molecule has 0 aromatic carbocycles. The second-order valence-electron chi connectivity index (χ2n) is 7.62. The molecule has 0 saturated carbocycles. The largest absolute Gasteiger partial charge is 0.461 e. The van der Waals surface area contributed by atoms with E-state index in [2.05, 4.69) is 43.8 Å². The van der Waals surface area contributed by atoms with Crippen LogP contribution < -0.4 is 5.73 Å². The third-order valence-corrected chi connectivity index (χ3v) is 9.62. The van der Waals surface area contributed by atoms with Crippen LogP contribution in [-0.4, -0.2) is 42.0 Å². The molecule has 0 unspecified atom stereocenters. The number of carbonyl (C=O) groups excluding carboxylic acids is 1. The lowest BCUT2D eigenvalue weighted by Gasteiger charge is -2.36. The summed E-state index contributed by atoms with van der Waals surface area (Å²) in [5, 5.41) is 0.879. The van der Waals surface area contributed by atoms with Gasteiger partial charge in [0, 0.05) is 6.54 Å². The van der Waals surface area contributed by atoms with Crippen LogP contribution in [0.3, 0.4) is 0 Å². The molecule has 0 aliphatic carbocycles. The molecule has 0 fully saturated rings. The highest BCUT2D eigenvalue weighted by Gasteiger charge is 2.37. The van der Waals surface area contributed by atoms with Crippen molar-refractivity contribution >= 4 is 42.9 Å². The highest BCUT2D eigenvalue weighted by atomic mass is 35.5. The Balaban J connectivity index is 2.37. The summed E-state index contributed by atoms with van der Waals surface area (Å²) < 4.78 is 13.1. The lowest BCUT2D eigenvalue weighted by molar-refractivity contribution is 0.0513. The molecular formula is C17H27ClN4O3Si. The summed E-state index contributed by atoms with van der Waals surface area (Å²) >= 11 is 6.17. The molecule has 0 atom stereocenters. The predicted molar refractivity (Wildman–Crippen MR) is 106 cm³/mol. The first-order valence-electron chi connectivity index (χ1n) is 8.61. The molecule has 0 spiro atoms. The van der Waals surface area contributed by atoms with E-state index in [1.807, 2.05) is 0 Å². The van der Waals surface area contributed by atoms with Gasteiger partial charge < -0.3 is 19.5 Å². The van der Waals surface area contributed by atoms with Gasteiger partial charge in [-0.05, 0) is 31.1 Å². The van der Waals surface area contributed by atoms with Crippen molar-refractivity contribution in [2.24, 2.45) is 0 Å². The highest BCUT2D eigenvalue weighted by Crippen LogP contribution is 2.36. The van der Waals surface area contributed by atoms with Gasteiger partial charge in [0.05, 0.1) is 18.6 Å². The van der Waals surface area contributed by atoms with E-state index in [1.54, 1.807) is 17.6 Å². The van der Waals surface area contributed by atoms with Crippen LogP contribution in [0.25, 0.3) is 11.0 Å². The smallest absolute Gasteiger partial charge is 0.355 e. The fourth-order valence-electron chi connectivity index (χ4n) is 2.31. The molecule has 2 N–H and O–H groups in total. The van der Waals surface area contributed by atoms with Gasteiger partial charge in [-0.1, -0.05) is 32.4 Å². The van der Waals surface area contributed by atoms with Crippen LogP contribution in [0, 0.1) is 0 Å². The minimum absolute atomic E-state index is 0.0579. The molecule has 7 nitrogen and oxygen atoms in total. The maximum atomic E-state index is 12.4. The molecule has 0 saturated heterocycles. The number of esters is 1. The normalized spacial score (nSPS) is 12.6. The zero-order valence-corrected chi connectivity index (χ0v) is 18.0. The van der Waals surface area contributed by atoms with E-state index in [-0.39, 0.29) is 22.7 Å². The monoisotopic (exact) mass is 398 g/mol. The number of hydrogen-bond acceptors (Lipinski definition) is 6. The van der Waals surface area contributed by atoms with E-state index >= 15 is 0 Å². The zero-order valence-electron chi connectivity index (χ0n) is 16.2. The van der Waals surface area contributed by atoms with E-state index in [1.165, 1.54) is 0 Å². The Bertz CT molecular complexity index is 814.